The van der Waals surface area contributed by atoms with Crippen molar-refractivity contribution in [1.82, 2.24) is 0 Å². The highest BCUT2D eigenvalue weighted by atomic mass is 32.2. The molecule has 0 radical (unpaired) electrons. The number of benzene rings is 3. The Morgan fingerprint density at radius 2 is 1.40 bits per heavy atom. The molecule has 0 amide bonds. The summed E-state index contributed by atoms with van der Waals surface area (Å²) in [6.07, 6.45) is 0. The van der Waals surface area contributed by atoms with Gasteiger partial charge in [-0.15, -0.1) is 0 Å². The van der Waals surface area contributed by atoms with E-state index in [-0.39, 0.29) is 10.6 Å². The van der Waals surface area contributed by atoms with Crippen molar-refractivity contribution >= 4 is 37.1 Å². The maximum absolute atomic E-state index is 12.5. The largest absolute Gasteiger partial charge is 0.289 e. The first kappa shape index (κ1) is 21.3. The van der Waals surface area contributed by atoms with Crippen molar-refractivity contribution in [3.05, 3.63) is 88.5 Å². The molecule has 0 saturated heterocycles. The fourth-order valence-corrected chi connectivity index (χ4v) is 4.95. The molecule has 3 rings (SSSR count). The monoisotopic (exact) mass is 447 g/mol. The molecule has 0 saturated carbocycles. The van der Waals surface area contributed by atoms with Crippen molar-refractivity contribution in [2.75, 3.05) is 9.44 Å². The average molecular weight is 447 g/mol. The van der Waals surface area contributed by atoms with Gasteiger partial charge in [-0.05, 0) is 55.0 Å². The van der Waals surface area contributed by atoms with Crippen molar-refractivity contribution in [1.29, 1.82) is 0 Å². The maximum atomic E-state index is 12.5. The van der Waals surface area contributed by atoms with Crippen molar-refractivity contribution < 1.29 is 21.8 Å². The highest BCUT2D eigenvalue weighted by molar-refractivity contribution is 7.93. The van der Waals surface area contributed by atoms with E-state index in [0.29, 0.717) is 5.69 Å². The van der Waals surface area contributed by atoms with E-state index >= 15 is 0 Å². The van der Waals surface area contributed by atoms with Crippen molar-refractivity contribution in [3.8, 4) is 0 Å². The summed E-state index contributed by atoms with van der Waals surface area (Å²) in [5.41, 5.74) is 0.778. The quantitative estimate of drug-likeness (QED) is 0.420. The number of aryl methyl sites for hydroxylation is 1. The summed E-state index contributed by atoms with van der Waals surface area (Å²) in [5.74, 6) is 0. The Kier molecular flexibility index (Phi) is 5.76. The van der Waals surface area contributed by atoms with Crippen LogP contribution >= 0.6 is 0 Å². The van der Waals surface area contributed by atoms with E-state index < -0.39 is 35.6 Å². The zero-order valence-corrected chi connectivity index (χ0v) is 17.3. The number of nitrogens with zero attached hydrogens (tertiary/aromatic N) is 1. The summed E-state index contributed by atoms with van der Waals surface area (Å²) in [6.45, 7) is 1.83. The van der Waals surface area contributed by atoms with Crippen LogP contribution in [0.3, 0.4) is 0 Å². The molecule has 0 atom stereocenters. The van der Waals surface area contributed by atoms with E-state index in [4.69, 9.17) is 0 Å². The Hall–Kier alpha value is -3.44. The van der Waals surface area contributed by atoms with Crippen molar-refractivity contribution in [2.45, 2.75) is 16.7 Å². The summed E-state index contributed by atoms with van der Waals surface area (Å²) in [4.78, 5) is 9.73. The second kappa shape index (κ2) is 8.13. The van der Waals surface area contributed by atoms with Crippen LogP contribution in [-0.4, -0.2) is 21.8 Å². The summed E-state index contributed by atoms with van der Waals surface area (Å²) < 4.78 is 54.8. The molecule has 0 aromatic heterocycles. The van der Waals surface area contributed by atoms with Crippen LogP contribution in [0, 0.1) is 17.0 Å². The summed E-state index contributed by atoms with van der Waals surface area (Å²) >= 11 is 0. The first-order valence-corrected chi connectivity index (χ1v) is 11.5. The standard InChI is InChI=1S/C19H17N3O6S2/c1-14-5-4-6-16(13-14)21-29(25,26)17-11-9-15(10-12-17)20-30(27,28)19-8-3-2-7-18(19)22(23)24/h2-13,20-21H,1H3. The molecule has 9 nitrogen and oxygen atoms in total. The molecule has 11 heteroatoms. The van der Waals surface area contributed by atoms with E-state index in [9.17, 15) is 26.9 Å². The predicted molar refractivity (Wildman–Crippen MR) is 112 cm³/mol. The molecule has 0 aliphatic rings. The van der Waals surface area contributed by atoms with E-state index in [1.807, 2.05) is 13.0 Å². The molecule has 0 aliphatic carbocycles. The second-order valence-corrected chi connectivity index (χ2v) is 9.66. The molecule has 0 fully saturated rings. The molecule has 0 aliphatic heterocycles. The van der Waals surface area contributed by atoms with Crippen molar-refractivity contribution in [3.63, 3.8) is 0 Å². The lowest BCUT2D eigenvalue weighted by Crippen LogP contribution is -2.15. The number of sulfonamides is 2. The van der Waals surface area contributed by atoms with Gasteiger partial charge in [-0.2, -0.15) is 0 Å². The summed E-state index contributed by atoms with van der Waals surface area (Å²) in [7, 11) is -8.12. The van der Waals surface area contributed by atoms with Crippen LogP contribution in [0.25, 0.3) is 0 Å². The molecule has 0 unspecified atom stereocenters. The highest BCUT2D eigenvalue weighted by Crippen LogP contribution is 2.26. The van der Waals surface area contributed by atoms with Gasteiger partial charge in [0.1, 0.15) is 0 Å². The average Bonchev–Trinajstić information content (AvgIpc) is 2.68. The van der Waals surface area contributed by atoms with Crippen molar-refractivity contribution in [2.24, 2.45) is 0 Å². The third-order valence-electron chi connectivity index (χ3n) is 4.04. The number of para-hydroxylation sites is 1. The number of nitro benzene ring substituents is 1. The summed E-state index contributed by atoms with van der Waals surface area (Å²) in [6, 6.07) is 16.7. The van der Waals surface area contributed by atoms with Crippen LogP contribution in [-0.2, 0) is 20.0 Å². The molecular weight excluding hydrogens is 430 g/mol. The SMILES string of the molecule is Cc1cccc(NS(=O)(=O)c2ccc(NS(=O)(=O)c3ccccc3[N+](=O)[O-])cc2)c1. The first-order valence-electron chi connectivity index (χ1n) is 8.54. The molecule has 2 N–H and O–H groups in total. The van der Waals surface area contributed by atoms with Gasteiger partial charge in [0, 0.05) is 17.4 Å². The fraction of sp³-hybridized carbons (Fsp3) is 0.0526. The minimum absolute atomic E-state index is 0.0580. The number of nitrogens with one attached hydrogen (secondary N) is 2. The van der Waals surface area contributed by atoms with Crippen LogP contribution in [0.15, 0.2) is 82.6 Å². The number of nitro groups is 1. The van der Waals surface area contributed by atoms with E-state index in [1.54, 1.807) is 18.2 Å². The lowest BCUT2D eigenvalue weighted by atomic mass is 10.2. The van der Waals surface area contributed by atoms with Gasteiger partial charge in [-0.1, -0.05) is 24.3 Å². The Balaban J connectivity index is 1.83. The normalized spacial score (nSPS) is 11.6. The second-order valence-electron chi connectivity index (χ2n) is 6.33. The topological polar surface area (TPSA) is 135 Å². The van der Waals surface area contributed by atoms with Gasteiger partial charge in [-0.25, -0.2) is 16.8 Å². The lowest BCUT2D eigenvalue weighted by Gasteiger charge is -2.11. The Bertz CT molecular complexity index is 1300. The lowest BCUT2D eigenvalue weighted by molar-refractivity contribution is -0.387. The third kappa shape index (κ3) is 4.75. The van der Waals surface area contributed by atoms with Gasteiger partial charge < -0.3 is 0 Å². The van der Waals surface area contributed by atoms with Gasteiger partial charge in [0.15, 0.2) is 4.90 Å². The summed E-state index contributed by atoms with van der Waals surface area (Å²) in [5, 5.41) is 11.1. The fourth-order valence-electron chi connectivity index (χ4n) is 2.67. The molecule has 3 aromatic carbocycles. The molecule has 156 valence electrons. The Morgan fingerprint density at radius 1 is 0.767 bits per heavy atom. The van der Waals surface area contributed by atoms with E-state index in [1.165, 1.54) is 36.4 Å². The predicted octanol–water partition coefficient (Wildman–Crippen LogP) is 3.50. The zero-order valence-electron chi connectivity index (χ0n) is 15.6. The number of anilines is 2. The van der Waals surface area contributed by atoms with Crippen LogP contribution in [0.2, 0.25) is 0 Å². The van der Waals surface area contributed by atoms with Crippen LogP contribution in [0.1, 0.15) is 5.56 Å². The van der Waals surface area contributed by atoms with Crippen LogP contribution in [0.5, 0.6) is 0 Å². The van der Waals surface area contributed by atoms with Gasteiger partial charge >= 0.3 is 0 Å². The first-order chi connectivity index (χ1) is 14.1. The number of hydrogen-bond donors (Lipinski definition) is 2. The minimum Gasteiger partial charge on any atom is -0.280 e. The van der Waals surface area contributed by atoms with E-state index in [2.05, 4.69) is 9.44 Å². The van der Waals surface area contributed by atoms with Gasteiger partial charge in [0.05, 0.1) is 9.82 Å². The van der Waals surface area contributed by atoms with E-state index in [0.717, 1.165) is 17.7 Å². The molecule has 0 heterocycles. The zero-order chi connectivity index (χ0) is 21.9. The van der Waals surface area contributed by atoms with Crippen LogP contribution < -0.4 is 9.44 Å². The molecule has 0 spiro atoms. The Labute approximate surface area is 173 Å². The Morgan fingerprint density at radius 3 is 2.03 bits per heavy atom. The number of rotatable bonds is 7. The third-order valence-corrected chi connectivity index (χ3v) is 6.86. The molecule has 3 aromatic rings. The maximum Gasteiger partial charge on any atom is 0.289 e. The van der Waals surface area contributed by atoms with Gasteiger partial charge in [-0.3, -0.25) is 19.6 Å². The molecule has 30 heavy (non-hydrogen) atoms. The molecular formula is C19H17N3O6S2. The smallest absolute Gasteiger partial charge is 0.280 e. The van der Waals surface area contributed by atoms with Crippen LogP contribution in [0.4, 0.5) is 17.1 Å². The highest BCUT2D eigenvalue weighted by Gasteiger charge is 2.25. The van der Waals surface area contributed by atoms with Gasteiger partial charge in [0.2, 0.25) is 0 Å². The minimum atomic E-state index is -4.25. The number of hydrogen-bond acceptors (Lipinski definition) is 6. The van der Waals surface area contributed by atoms with Gasteiger partial charge in [0.25, 0.3) is 25.7 Å². The molecule has 0 bridgehead atoms.